The van der Waals surface area contributed by atoms with Crippen LogP contribution in [0.3, 0.4) is 0 Å². The molecule has 0 unspecified atom stereocenters. The Balaban J connectivity index is 2.22. The van der Waals surface area contributed by atoms with Crippen LogP contribution in [0.4, 0.5) is 5.69 Å². The van der Waals surface area contributed by atoms with E-state index in [1.807, 2.05) is 18.2 Å². The molecule has 3 nitrogen and oxygen atoms in total. The summed E-state index contributed by atoms with van der Waals surface area (Å²) in [6.45, 7) is 5.24. The second kappa shape index (κ2) is 7.30. The van der Waals surface area contributed by atoms with E-state index in [2.05, 4.69) is 34.7 Å². The van der Waals surface area contributed by atoms with Gasteiger partial charge in [0.25, 0.3) is 5.91 Å². The Hall–Kier alpha value is -1.03. The van der Waals surface area contributed by atoms with E-state index in [-0.39, 0.29) is 5.91 Å². The molecule has 4 heteroatoms. The first-order chi connectivity index (χ1) is 10.0. The molecular formula is C17H25BrN2O. The summed E-state index contributed by atoms with van der Waals surface area (Å²) in [6.07, 6.45) is 5.76. The predicted molar refractivity (Wildman–Crippen MR) is 91.3 cm³/mol. The number of nitrogens with zero attached hydrogens (tertiary/aromatic N) is 1. The molecular weight excluding hydrogens is 328 g/mol. The summed E-state index contributed by atoms with van der Waals surface area (Å²) in [6, 6.07) is 5.92. The SMILES string of the molecule is CC(C)CCN(C(=O)c1cccc(N)c1Br)C1CCCC1. The second-order valence-electron chi connectivity index (χ2n) is 6.33. The molecule has 1 aliphatic carbocycles. The van der Waals surface area contributed by atoms with Crippen LogP contribution >= 0.6 is 15.9 Å². The Bertz CT molecular complexity index is 496. The van der Waals surface area contributed by atoms with Gasteiger partial charge < -0.3 is 10.6 Å². The topological polar surface area (TPSA) is 46.3 Å². The number of hydrogen-bond donors (Lipinski definition) is 1. The smallest absolute Gasteiger partial charge is 0.255 e. The van der Waals surface area contributed by atoms with Crippen molar-refractivity contribution in [2.24, 2.45) is 5.92 Å². The summed E-state index contributed by atoms with van der Waals surface area (Å²) in [4.78, 5) is 15.0. The number of rotatable bonds is 5. The molecule has 0 bridgehead atoms. The monoisotopic (exact) mass is 352 g/mol. The Morgan fingerprint density at radius 2 is 2.05 bits per heavy atom. The summed E-state index contributed by atoms with van der Waals surface area (Å²) in [5.74, 6) is 0.715. The molecule has 1 saturated carbocycles. The van der Waals surface area contributed by atoms with Crippen molar-refractivity contribution in [1.29, 1.82) is 0 Å². The maximum atomic E-state index is 13.0. The summed E-state index contributed by atoms with van der Waals surface area (Å²) in [5.41, 5.74) is 7.22. The first kappa shape index (κ1) is 16.3. The zero-order valence-electron chi connectivity index (χ0n) is 12.9. The number of hydrogen-bond acceptors (Lipinski definition) is 2. The van der Waals surface area contributed by atoms with Gasteiger partial charge in [0.15, 0.2) is 0 Å². The van der Waals surface area contributed by atoms with Crippen molar-refractivity contribution in [2.45, 2.75) is 52.0 Å². The van der Waals surface area contributed by atoms with E-state index in [0.717, 1.165) is 30.3 Å². The molecule has 1 aromatic rings. The number of nitrogen functional groups attached to an aromatic ring is 1. The molecule has 0 saturated heterocycles. The standard InChI is InChI=1S/C17H25BrN2O/c1-12(2)10-11-20(13-6-3-4-7-13)17(21)14-8-5-9-15(19)16(14)18/h5,8-9,12-13H,3-4,6-7,10-11,19H2,1-2H3. The van der Waals surface area contributed by atoms with Crippen molar-refractivity contribution in [3.8, 4) is 0 Å². The average Bonchev–Trinajstić information content (AvgIpc) is 2.95. The number of carbonyl (C=O) groups is 1. The number of halogens is 1. The molecule has 2 rings (SSSR count). The van der Waals surface area contributed by atoms with E-state index in [1.165, 1.54) is 12.8 Å². The van der Waals surface area contributed by atoms with Crippen molar-refractivity contribution >= 4 is 27.5 Å². The maximum Gasteiger partial charge on any atom is 0.255 e. The third-order valence-electron chi connectivity index (χ3n) is 4.23. The van der Waals surface area contributed by atoms with E-state index in [0.29, 0.717) is 23.2 Å². The highest BCUT2D eigenvalue weighted by Gasteiger charge is 2.28. The summed E-state index contributed by atoms with van der Waals surface area (Å²) < 4.78 is 0.725. The van der Waals surface area contributed by atoms with Crippen LogP contribution in [0.1, 0.15) is 56.3 Å². The lowest BCUT2D eigenvalue weighted by Gasteiger charge is -2.30. The Labute approximate surface area is 136 Å². The van der Waals surface area contributed by atoms with Crippen LogP contribution in [-0.2, 0) is 0 Å². The van der Waals surface area contributed by atoms with Gasteiger partial charge in [-0.25, -0.2) is 0 Å². The molecule has 1 fully saturated rings. The lowest BCUT2D eigenvalue weighted by atomic mass is 10.1. The normalized spacial score (nSPS) is 15.6. The van der Waals surface area contributed by atoms with Crippen molar-refractivity contribution in [2.75, 3.05) is 12.3 Å². The van der Waals surface area contributed by atoms with Gasteiger partial charge in [0.1, 0.15) is 0 Å². The summed E-state index contributed by atoms with van der Waals surface area (Å²) in [7, 11) is 0. The van der Waals surface area contributed by atoms with E-state index in [1.54, 1.807) is 0 Å². The van der Waals surface area contributed by atoms with Crippen molar-refractivity contribution < 1.29 is 4.79 Å². The molecule has 21 heavy (non-hydrogen) atoms. The lowest BCUT2D eigenvalue weighted by molar-refractivity contribution is 0.0671. The maximum absolute atomic E-state index is 13.0. The highest BCUT2D eigenvalue weighted by molar-refractivity contribution is 9.10. The second-order valence-corrected chi connectivity index (χ2v) is 7.12. The van der Waals surface area contributed by atoms with Gasteiger partial charge in [0.05, 0.1) is 10.0 Å². The number of benzene rings is 1. The van der Waals surface area contributed by atoms with Gasteiger partial charge in [-0.3, -0.25) is 4.79 Å². The summed E-state index contributed by atoms with van der Waals surface area (Å²) >= 11 is 3.47. The van der Waals surface area contributed by atoms with Crippen LogP contribution in [0, 0.1) is 5.92 Å². The Morgan fingerprint density at radius 3 is 2.67 bits per heavy atom. The minimum Gasteiger partial charge on any atom is -0.398 e. The van der Waals surface area contributed by atoms with Crippen LogP contribution in [-0.4, -0.2) is 23.4 Å². The molecule has 0 aromatic heterocycles. The first-order valence-electron chi connectivity index (χ1n) is 7.85. The largest absolute Gasteiger partial charge is 0.398 e. The highest BCUT2D eigenvalue weighted by Crippen LogP contribution is 2.29. The molecule has 0 aliphatic heterocycles. The van der Waals surface area contributed by atoms with Crippen molar-refractivity contribution in [1.82, 2.24) is 4.90 Å². The molecule has 0 heterocycles. The van der Waals surface area contributed by atoms with Crippen LogP contribution in [0.2, 0.25) is 0 Å². The molecule has 1 aromatic carbocycles. The molecule has 116 valence electrons. The van der Waals surface area contributed by atoms with Gasteiger partial charge in [-0.05, 0) is 53.2 Å². The van der Waals surface area contributed by atoms with E-state index >= 15 is 0 Å². The zero-order chi connectivity index (χ0) is 15.4. The highest BCUT2D eigenvalue weighted by atomic mass is 79.9. The number of carbonyl (C=O) groups excluding carboxylic acids is 1. The zero-order valence-corrected chi connectivity index (χ0v) is 14.5. The molecule has 0 spiro atoms. The Kier molecular flexibility index (Phi) is 5.68. The first-order valence-corrected chi connectivity index (χ1v) is 8.65. The lowest BCUT2D eigenvalue weighted by Crippen LogP contribution is -2.40. The molecule has 0 radical (unpaired) electrons. The number of nitrogens with two attached hydrogens (primary N) is 1. The van der Waals surface area contributed by atoms with Gasteiger partial charge >= 0.3 is 0 Å². The Morgan fingerprint density at radius 1 is 1.38 bits per heavy atom. The third-order valence-corrected chi connectivity index (χ3v) is 5.12. The fraction of sp³-hybridized carbons (Fsp3) is 0.588. The van der Waals surface area contributed by atoms with Crippen molar-refractivity contribution in [3.63, 3.8) is 0 Å². The van der Waals surface area contributed by atoms with Crippen molar-refractivity contribution in [3.05, 3.63) is 28.2 Å². The number of anilines is 1. The van der Waals surface area contributed by atoms with Gasteiger partial charge in [0, 0.05) is 18.3 Å². The van der Waals surface area contributed by atoms with Gasteiger partial charge in [-0.2, -0.15) is 0 Å². The summed E-state index contributed by atoms with van der Waals surface area (Å²) in [5, 5.41) is 0. The van der Waals surface area contributed by atoms with Crippen LogP contribution in [0.5, 0.6) is 0 Å². The van der Waals surface area contributed by atoms with Gasteiger partial charge in [-0.15, -0.1) is 0 Å². The molecule has 2 N–H and O–H groups in total. The van der Waals surface area contributed by atoms with E-state index < -0.39 is 0 Å². The van der Waals surface area contributed by atoms with Crippen LogP contribution < -0.4 is 5.73 Å². The number of amides is 1. The third kappa shape index (κ3) is 4.00. The van der Waals surface area contributed by atoms with Crippen LogP contribution in [0.15, 0.2) is 22.7 Å². The predicted octanol–water partition coefficient (Wildman–Crippen LogP) is 4.46. The molecule has 0 atom stereocenters. The van der Waals surface area contributed by atoms with Crippen LogP contribution in [0.25, 0.3) is 0 Å². The van der Waals surface area contributed by atoms with E-state index in [9.17, 15) is 4.79 Å². The van der Waals surface area contributed by atoms with Gasteiger partial charge in [-0.1, -0.05) is 32.8 Å². The average molecular weight is 353 g/mol. The van der Waals surface area contributed by atoms with Gasteiger partial charge in [0.2, 0.25) is 0 Å². The fourth-order valence-electron chi connectivity index (χ4n) is 2.93. The van der Waals surface area contributed by atoms with E-state index in [4.69, 9.17) is 5.73 Å². The molecule has 1 aliphatic rings. The minimum atomic E-state index is 0.113. The minimum absolute atomic E-state index is 0.113. The quantitative estimate of drug-likeness (QED) is 0.795. The molecule has 1 amide bonds. The fourth-order valence-corrected chi connectivity index (χ4v) is 3.37.